The SMILES string of the molecule is [2H]C1C([2H])(Nc2ncc3nc(Nc4c(F)cc(F)cc4F)n(C4CCOC4)c3n2)CCC([2H])(O)C1([2H])[2H]. The van der Waals surface area contributed by atoms with Crippen LogP contribution in [0.15, 0.2) is 18.3 Å². The van der Waals surface area contributed by atoms with Crippen molar-refractivity contribution in [1.29, 1.82) is 0 Å². The summed E-state index contributed by atoms with van der Waals surface area (Å²) in [4.78, 5) is 12.8. The van der Waals surface area contributed by atoms with Crippen LogP contribution in [0.3, 0.4) is 0 Å². The van der Waals surface area contributed by atoms with E-state index in [1.807, 2.05) is 0 Å². The molecule has 2 aliphatic rings. The van der Waals surface area contributed by atoms with Gasteiger partial charge in [-0.05, 0) is 32.0 Å². The molecule has 2 fully saturated rings. The van der Waals surface area contributed by atoms with E-state index in [9.17, 15) is 18.3 Å². The Balaban J connectivity index is 1.54. The van der Waals surface area contributed by atoms with Gasteiger partial charge in [-0.1, -0.05) is 0 Å². The summed E-state index contributed by atoms with van der Waals surface area (Å²) >= 11 is 0. The normalized spacial score (nSPS) is 34.3. The van der Waals surface area contributed by atoms with Crippen molar-refractivity contribution in [3.05, 3.63) is 35.8 Å². The standard InChI is InChI=1S/C21H23F3N6O2/c22-11-7-15(23)18(16(24)8-11)28-21-27-17-9-25-20(26-12-1-3-14(31)4-2-12)29-19(17)30(21)13-5-6-32-10-13/h7-9,12-14,31H,1-6,10H2,(H,27,28)(H,25,26,29)/i1D,3D2,12D,14D. The van der Waals surface area contributed by atoms with Crippen LogP contribution in [-0.4, -0.2) is 49.9 Å². The number of ether oxygens (including phenoxy) is 1. The van der Waals surface area contributed by atoms with E-state index in [4.69, 9.17) is 11.6 Å². The van der Waals surface area contributed by atoms with Gasteiger partial charge >= 0.3 is 0 Å². The van der Waals surface area contributed by atoms with Crippen molar-refractivity contribution in [3.8, 4) is 0 Å². The zero-order valence-electron chi connectivity index (χ0n) is 21.7. The second-order valence-electron chi connectivity index (χ2n) is 7.48. The van der Waals surface area contributed by atoms with Gasteiger partial charge in [0.25, 0.3) is 0 Å². The molecule has 5 rings (SSSR count). The molecule has 0 amide bonds. The van der Waals surface area contributed by atoms with Crippen LogP contribution in [0.1, 0.15) is 44.9 Å². The number of fused-ring (bicyclic) bond motifs is 1. The summed E-state index contributed by atoms with van der Waals surface area (Å²) in [7, 11) is 0. The Hall–Kier alpha value is -2.92. The minimum absolute atomic E-state index is 0.00594. The summed E-state index contributed by atoms with van der Waals surface area (Å²) in [5.74, 6) is -3.55. The van der Waals surface area contributed by atoms with Crippen molar-refractivity contribution in [3.63, 3.8) is 0 Å². The third-order valence-electron chi connectivity index (χ3n) is 5.26. The molecule has 0 radical (unpaired) electrons. The van der Waals surface area contributed by atoms with Gasteiger partial charge in [0, 0.05) is 28.9 Å². The fourth-order valence-corrected chi connectivity index (χ4v) is 3.69. The maximum atomic E-state index is 14.3. The zero-order valence-corrected chi connectivity index (χ0v) is 16.7. The molecule has 1 saturated carbocycles. The fourth-order valence-electron chi connectivity index (χ4n) is 3.69. The van der Waals surface area contributed by atoms with Crippen LogP contribution in [0.5, 0.6) is 0 Å². The van der Waals surface area contributed by atoms with Crippen LogP contribution in [0, 0.1) is 17.5 Å². The van der Waals surface area contributed by atoms with Gasteiger partial charge in [0.1, 0.15) is 17.0 Å². The second kappa shape index (κ2) is 8.55. The first-order chi connectivity index (χ1) is 17.3. The predicted octanol–water partition coefficient (Wildman–Crippen LogP) is 3.66. The van der Waals surface area contributed by atoms with Gasteiger partial charge in [-0.3, -0.25) is 4.57 Å². The lowest BCUT2D eigenvalue weighted by molar-refractivity contribution is 0.126. The van der Waals surface area contributed by atoms with Gasteiger partial charge in [-0.2, -0.15) is 4.98 Å². The number of benzene rings is 1. The predicted molar refractivity (Wildman–Crippen MR) is 111 cm³/mol. The van der Waals surface area contributed by atoms with Crippen molar-refractivity contribution in [1.82, 2.24) is 19.5 Å². The molecule has 4 atom stereocenters. The lowest BCUT2D eigenvalue weighted by atomic mass is 9.93. The van der Waals surface area contributed by atoms with E-state index in [0.717, 1.165) is 0 Å². The van der Waals surface area contributed by atoms with E-state index in [-0.39, 0.29) is 42.1 Å². The Bertz CT molecular complexity index is 1330. The minimum Gasteiger partial charge on any atom is -0.393 e. The van der Waals surface area contributed by atoms with Crippen molar-refractivity contribution < 1.29 is 29.9 Å². The summed E-state index contributed by atoms with van der Waals surface area (Å²) in [6.07, 6.45) is -5.90. The second-order valence-corrected chi connectivity index (χ2v) is 7.48. The number of aromatic nitrogens is 4. The van der Waals surface area contributed by atoms with Gasteiger partial charge in [0.05, 0.1) is 27.7 Å². The van der Waals surface area contributed by atoms with E-state index in [2.05, 4.69) is 25.6 Å². The molecule has 4 unspecified atom stereocenters. The topological polar surface area (TPSA) is 97.1 Å². The highest BCUT2D eigenvalue weighted by Crippen LogP contribution is 2.32. The molecule has 1 saturated heterocycles. The molecule has 32 heavy (non-hydrogen) atoms. The van der Waals surface area contributed by atoms with Gasteiger partial charge in [-0.15, -0.1) is 0 Å². The van der Waals surface area contributed by atoms with Crippen LogP contribution < -0.4 is 10.6 Å². The molecule has 11 heteroatoms. The first kappa shape index (κ1) is 15.8. The average Bonchev–Trinajstić information content (AvgIpc) is 3.46. The molecule has 3 N–H and O–H groups in total. The quantitative estimate of drug-likeness (QED) is 0.542. The molecule has 0 spiro atoms. The van der Waals surface area contributed by atoms with Crippen LogP contribution in [0.4, 0.5) is 30.8 Å². The number of imidazole rings is 1. The molecule has 170 valence electrons. The number of anilines is 3. The first-order valence-corrected chi connectivity index (χ1v) is 9.99. The number of aliphatic hydroxyl groups is 1. The van der Waals surface area contributed by atoms with Gasteiger partial charge < -0.3 is 20.5 Å². The summed E-state index contributed by atoms with van der Waals surface area (Å²) < 4.78 is 89.8. The lowest BCUT2D eigenvalue weighted by Gasteiger charge is -2.26. The van der Waals surface area contributed by atoms with Gasteiger partial charge in [0.2, 0.25) is 11.9 Å². The third-order valence-corrected chi connectivity index (χ3v) is 5.26. The minimum atomic E-state index is -2.71. The Morgan fingerprint density at radius 3 is 2.75 bits per heavy atom. The maximum absolute atomic E-state index is 14.3. The average molecular weight is 453 g/mol. The zero-order chi connectivity index (χ0) is 26.8. The smallest absolute Gasteiger partial charge is 0.224 e. The molecule has 1 aliphatic carbocycles. The molecule has 3 heterocycles. The van der Waals surface area contributed by atoms with E-state index in [1.165, 1.54) is 6.20 Å². The monoisotopic (exact) mass is 453 g/mol. The van der Waals surface area contributed by atoms with Crippen molar-refractivity contribution in [2.45, 2.75) is 50.2 Å². The van der Waals surface area contributed by atoms with Gasteiger partial charge in [-0.25, -0.2) is 23.1 Å². The summed E-state index contributed by atoms with van der Waals surface area (Å²) in [5.41, 5.74) is -0.180. The van der Waals surface area contributed by atoms with E-state index in [1.54, 1.807) is 4.57 Å². The van der Waals surface area contributed by atoms with Crippen LogP contribution in [0.2, 0.25) is 0 Å². The highest BCUT2D eigenvalue weighted by molar-refractivity contribution is 5.76. The first-order valence-electron chi connectivity index (χ1n) is 12.6. The molecule has 1 aromatic carbocycles. The lowest BCUT2D eigenvalue weighted by Crippen LogP contribution is -2.29. The van der Waals surface area contributed by atoms with E-state index in [0.29, 0.717) is 25.2 Å². The number of hydrogen-bond donors (Lipinski definition) is 3. The number of hydrogen-bond acceptors (Lipinski definition) is 7. The highest BCUT2D eigenvalue weighted by Gasteiger charge is 2.27. The fraction of sp³-hybridized carbons (Fsp3) is 0.476. The molecule has 8 nitrogen and oxygen atoms in total. The van der Waals surface area contributed by atoms with E-state index < -0.39 is 54.4 Å². The van der Waals surface area contributed by atoms with Gasteiger partial charge in [0.15, 0.2) is 17.3 Å². The third kappa shape index (κ3) is 4.09. The molecular formula is C21H23F3N6O2. The Morgan fingerprint density at radius 2 is 2.00 bits per heavy atom. The van der Waals surface area contributed by atoms with Crippen molar-refractivity contribution >= 4 is 28.7 Å². The molecular weight excluding hydrogens is 425 g/mol. The molecule has 1 aliphatic heterocycles. The Labute approximate surface area is 188 Å². The summed E-state index contributed by atoms with van der Waals surface area (Å²) in [6, 6.07) is -1.24. The van der Waals surface area contributed by atoms with Crippen LogP contribution >= 0.6 is 0 Å². The maximum Gasteiger partial charge on any atom is 0.224 e. The number of nitrogens with zero attached hydrogens (tertiary/aromatic N) is 4. The number of rotatable bonds is 5. The Kier molecular flexibility index (Phi) is 4.22. The van der Waals surface area contributed by atoms with E-state index >= 15 is 0 Å². The summed E-state index contributed by atoms with van der Waals surface area (Å²) in [6.45, 7) is 0.668. The summed E-state index contributed by atoms with van der Waals surface area (Å²) in [5, 5.41) is 15.3. The number of halogens is 3. The molecule has 0 bridgehead atoms. The van der Waals surface area contributed by atoms with Crippen LogP contribution in [0.25, 0.3) is 11.2 Å². The van der Waals surface area contributed by atoms with Crippen molar-refractivity contribution in [2.75, 3.05) is 23.8 Å². The van der Waals surface area contributed by atoms with Crippen LogP contribution in [-0.2, 0) is 4.74 Å². The molecule has 2 aromatic heterocycles. The Morgan fingerprint density at radius 1 is 1.19 bits per heavy atom. The highest BCUT2D eigenvalue weighted by atomic mass is 19.1. The molecule has 3 aromatic rings. The largest absolute Gasteiger partial charge is 0.393 e. The van der Waals surface area contributed by atoms with Crippen molar-refractivity contribution in [2.24, 2.45) is 0 Å². The number of nitrogens with one attached hydrogen (secondary N) is 2.